The van der Waals surface area contributed by atoms with E-state index in [1.807, 2.05) is 0 Å². The van der Waals surface area contributed by atoms with Gasteiger partial charge in [0.15, 0.2) is 0 Å². The van der Waals surface area contributed by atoms with Gasteiger partial charge in [-0.2, -0.15) is 0 Å². The maximum absolute atomic E-state index is 13.7. The van der Waals surface area contributed by atoms with Crippen molar-refractivity contribution in [3.63, 3.8) is 0 Å². The first-order chi connectivity index (χ1) is 6.91. The van der Waals surface area contributed by atoms with E-state index in [1.165, 1.54) is 12.1 Å². The van der Waals surface area contributed by atoms with Crippen molar-refractivity contribution in [3.8, 4) is 0 Å². The monoisotopic (exact) mass is 211 g/mol. The molecule has 0 saturated heterocycles. The van der Waals surface area contributed by atoms with Crippen LogP contribution in [0.5, 0.6) is 0 Å². The molecule has 1 nitrogen and oxygen atoms in total. The Morgan fingerprint density at radius 3 is 2.27 bits per heavy atom. The van der Waals surface area contributed by atoms with Gasteiger partial charge in [-0.1, -0.05) is 12.1 Å². The first-order valence-electron chi connectivity index (χ1n) is 5.15. The van der Waals surface area contributed by atoms with Crippen LogP contribution in [-0.2, 0) is 5.54 Å². The summed E-state index contributed by atoms with van der Waals surface area (Å²) in [4.78, 5) is 0. The minimum Gasteiger partial charge on any atom is -0.321 e. The second-order valence-electron chi connectivity index (χ2n) is 4.75. The molecule has 0 radical (unpaired) electrons. The van der Waals surface area contributed by atoms with Crippen LogP contribution in [0.3, 0.4) is 0 Å². The molecule has 2 rings (SSSR count). The molecule has 2 unspecified atom stereocenters. The fraction of sp³-hybridized carbons (Fsp3) is 0.500. The topological polar surface area (TPSA) is 26.0 Å². The van der Waals surface area contributed by atoms with Gasteiger partial charge in [0.05, 0.1) is 0 Å². The highest BCUT2D eigenvalue weighted by molar-refractivity contribution is 5.27. The molecular formula is C12H15F2N. The summed E-state index contributed by atoms with van der Waals surface area (Å²) in [6.45, 7) is 1.57. The normalized spacial score (nSPS) is 35.7. The lowest BCUT2D eigenvalue weighted by Crippen LogP contribution is -2.35. The maximum Gasteiger partial charge on any atom is 0.123 e. The number of hydrogen-bond acceptors (Lipinski definition) is 1. The summed E-state index contributed by atoms with van der Waals surface area (Å²) in [5.74, 6) is -0.289. The number of nitrogens with two attached hydrogens (primary N) is 1. The van der Waals surface area contributed by atoms with Gasteiger partial charge >= 0.3 is 0 Å². The molecule has 0 amide bonds. The van der Waals surface area contributed by atoms with Crippen LogP contribution in [0.15, 0.2) is 24.3 Å². The van der Waals surface area contributed by atoms with Crippen LogP contribution in [0.4, 0.5) is 8.78 Å². The fourth-order valence-corrected chi connectivity index (χ4v) is 2.35. The molecule has 3 heteroatoms. The van der Waals surface area contributed by atoms with E-state index in [-0.39, 0.29) is 5.82 Å². The van der Waals surface area contributed by atoms with E-state index in [0.29, 0.717) is 19.3 Å². The molecule has 82 valence electrons. The summed E-state index contributed by atoms with van der Waals surface area (Å²) in [5.41, 5.74) is 5.15. The summed E-state index contributed by atoms with van der Waals surface area (Å²) in [6.07, 6.45) is 1.40. The summed E-state index contributed by atoms with van der Waals surface area (Å²) < 4.78 is 26.5. The van der Waals surface area contributed by atoms with Gasteiger partial charge in [0.2, 0.25) is 0 Å². The van der Waals surface area contributed by atoms with Gasteiger partial charge in [0.1, 0.15) is 11.5 Å². The average molecular weight is 211 g/mol. The lowest BCUT2D eigenvalue weighted by atomic mass is 9.88. The summed E-state index contributed by atoms with van der Waals surface area (Å²) >= 11 is 0. The predicted octanol–water partition coefficient (Wildman–Crippen LogP) is 2.89. The highest BCUT2D eigenvalue weighted by Gasteiger charge is 2.44. The Kier molecular flexibility index (Phi) is 2.30. The van der Waals surface area contributed by atoms with E-state index in [9.17, 15) is 8.78 Å². The lowest BCUT2D eigenvalue weighted by molar-refractivity contribution is 0.187. The van der Waals surface area contributed by atoms with E-state index in [2.05, 4.69) is 0 Å². The standard InChI is InChI=1S/C12H15F2N/c1-11(14)6-7-12(15,8-11)9-2-4-10(13)5-3-9/h2-5H,6-8,15H2,1H3. The van der Waals surface area contributed by atoms with Gasteiger partial charge in [-0.3, -0.25) is 0 Å². The van der Waals surface area contributed by atoms with E-state index in [0.717, 1.165) is 5.56 Å². The third kappa shape index (κ3) is 2.02. The largest absolute Gasteiger partial charge is 0.321 e. The molecule has 2 atom stereocenters. The van der Waals surface area contributed by atoms with Crippen LogP contribution in [0.2, 0.25) is 0 Å². The summed E-state index contributed by atoms with van der Waals surface area (Å²) in [7, 11) is 0. The van der Waals surface area contributed by atoms with Crippen molar-refractivity contribution in [2.75, 3.05) is 0 Å². The molecule has 1 saturated carbocycles. The highest BCUT2D eigenvalue weighted by Crippen LogP contribution is 2.44. The molecule has 0 heterocycles. The third-order valence-corrected chi connectivity index (χ3v) is 3.20. The van der Waals surface area contributed by atoms with Gasteiger partial charge in [0, 0.05) is 12.0 Å². The van der Waals surface area contributed by atoms with Crippen LogP contribution < -0.4 is 5.73 Å². The Morgan fingerprint density at radius 2 is 1.80 bits per heavy atom. The Bertz CT molecular complexity index is 358. The molecule has 1 fully saturated rings. The molecular weight excluding hydrogens is 196 g/mol. The second kappa shape index (κ2) is 3.27. The van der Waals surface area contributed by atoms with Gasteiger partial charge in [-0.25, -0.2) is 8.78 Å². The first kappa shape index (κ1) is 10.6. The van der Waals surface area contributed by atoms with Crippen molar-refractivity contribution in [1.82, 2.24) is 0 Å². The minimum absolute atomic E-state index is 0.289. The van der Waals surface area contributed by atoms with Crippen molar-refractivity contribution in [3.05, 3.63) is 35.6 Å². The number of rotatable bonds is 1. The number of benzene rings is 1. The lowest BCUT2D eigenvalue weighted by Gasteiger charge is -2.25. The Labute approximate surface area is 88.3 Å². The minimum atomic E-state index is -1.19. The number of hydrogen-bond donors (Lipinski definition) is 1. The smallest absolute Gasteiger partial charge is 0.123 e. The average Bonchev–Trinajstić information content (AvgIpc) is 2.43. The molecule has 0 bridgehead atoms. The van der Waals surface area contributed by atoms with Gasteiger partial charge in [0.25, 0.3) is 0 Å². The zero-order valence-electron chi connectivity index (χ0n) is 8.76. The van der Waals surface area contributed by atoms with Crippen LogP contribution >= 0.6 is 0 Å². The van der Waals surface area contributed by atoms with E-state index in [4.69, 9.17) is 5.73 Å². The molecule has 1 aromatic rings. The van der Waals surface area contributed by atoms with E-state index >= 15 is 0 Å². The second-order valence-corrected chi connectivity index (χ2v) is 4.75. The quantitative estimate of drug-likeness (QED) is 0.759. The van der Waals surface area contributed by atoms with Gasteiger partial charge < -0.3 is 5.73 Å². The summed E-state index contributed by atoms with van der Waals surface area (Å²) in [5, 5.41) is 0. The SMILES string of the molecule is CC1(F)CCC(N)(c2ccc(F)cc2)C1. The fourth-order valence-electron chi connectivity index (χ4n) is 2.35. The first-order valence-corrected chi connectivity index (χ1v) is 5.15. The van der Waals surface area contributed by atoms with Crippen molar-refractivity contribution in [1.29, 1.82) is 0 Å². The van der Waals surface area contributed by atoms with Gasteiger partial charge in [-0.05, 0) is 37.5 Å². The predicted molar refractivity (Wildman–Crippen MR) is 55.6 cm³/mol. The molecule has 0 aliphatic heterocycles. The molecule has 1 aromatic carbocycles. The zero-order valence-corrected chi connectivity index (χ0v) is 8.76. The molecule has 0 spiro atoms. The zero-order chi connectivity index (χ0) is 11.1. The van der Waals surface area contributed by atoms with Crippen LogP contribution in [0, 0.1) is 5.82 Å². The Balaban J connectivity index is 2.27. The van der Waals surface area contributed by atoms with Crippen LogP contribution in [0.1, 0.15) is 31.7 Å². The summed E-state index contributed by atoms with van der Waals surface area (Å²) in [6, 6.07) is 6.04. The highest BCUT2D eigenvalue weighted by atomic mass is 19.1. The number of halogens is 2. The molecule has 0 aromatic heterocycles. The molecule has 15 heavy (non-hydrogen) atoms. The molecule has 1 aliphatic rings. The van der Waals surface area contributed by atoms with E-state index in [1.54, 1.807) is 19.1 Å². The third-order valence-electron chi connectivity index (χ3n) is 3.20. The van der Waals surface area contributed by atoms with E-state index < -0.39 is 11.2 Å². The Morgan fingerprint density at radius 1 is 1.20 bits per heavy atom. The van der Waals surface area contributed by atoms with Crippen molar-refractivity contribution >= 4 is 0 Å². The molecule has 2 N–H and O–H groups in total. The van der Waals surface area contributed by atoms with Crippen LogP contribution in [0.25, 0.3) is 0 Å². The van der Waals surface area contributed by atoms with Gasteiger partial charge in [-0.15, -0.1) is 0 Å². The van der Waals surface area contributed by atoms with Crippen molar-refractivity contribution < 1.29 is 8.78 Å². The van der Waals surface area contributed by atoms with Crippen LogP contribution in [-0.4, -0.2) is 5.67 Å². The van der Waals surface area contributed by atoms with Crippen molar-refractivity contribution in [2.45, 2.75) is 37.4 Å². The number of alkyl halides is 1. The van der Waals surface area contributed by atoms with Crippen molar-refractivity contribution in [2.24, 2.45) is 5.73 Å². The Hall–Kier alpha value is -0.960. The maximum atomic E-state index is 13.7. The molecule has 1 aliphatic carbocycles.